The molecule has 0 bridgehead atoms. The van der Waals surface area contributed by atoms with Crippen molar-refractivity contribution in [1.29, 1.82) is 0 Å². The van der Waals surface area contributed by atoms with Crippen LogP contribution in [0.2, 0.25) is 0 Å². The zero-order valence-corrected chi connectivity index (χ0v) is 11.4. The van der Waals surface area contributed by atoms with Crippen LogP contribution in [0.15, 0.2) is 9.81 Å². The normalized spacial score (nSPS) is 23.5. The van der Waals surface area contributed by atoms with E-state index in [0.717, 1.165) is 32.1 Å². The van der Waals surface area contributed by atoms with Crippen LogP contribution in [0.3, 0.4) is 0 Å². The second-order valence-electron chi connectivity index (χ2n) is 4.93. The fourth-order valence-electron chi connectivity index (χ4n) is 2.50. The van der Waals surface area contributed by atoms with Gasteiger partial charge in [-0.2, -0.15) is 0 Å². The summed E-state index contributed by atoms with van der Waals surface area (Å²) in [5, 5.41) is 0. The van der Waals surface area contributed by atoms with Crippen LogP contribution in [0, 0.1) is 5.92 Å². The van der Waals surface area contributed by atoms with Gasteiger partial charge in [-0.25, -0.2) is 12.6 Å². The number of rotatable bonds is 4. The minimum absolute atomic E-state index is 0.0537. The van der Waals surface area contributed by atoms with Gasteiger partial charge in [0.05, 0.1) is 5.75 Å². The summed E-state index contributed by atoms with van der Waals surface area (Å²) in [7, 11) is -3.54. The van der Waals surface area contributed by atoms with Gasteiger partial charge < -0.3 is 4.55 Å². The van der Waals surface area contributed by atoms with Gasteiger partial charge in [0.15, 0.2) is 25.2 Å². The minimum atomic E-state index is -3.54. The lowest BCUT2D eigenvalue weighted by molar-refractivity contribution is 0.348. The van der Waals surface area contributed by atoms with Crippen LogP contribution in [-0.2, 0) is 20.9 Å². The summed E-state index contributed by atoms with van der Waals surface area (Å²) in [4.78, 5) is 0. The average molecular weight is 278 g/mol. The van der Waals surface area contributed by atoms with Crippen molar-refractivity contribution in [3.05, 3.63) is 9.81 Å². The van der Waals surface area contributed by atoms with E-state index in [-0.39, 0.29) is 15.9 Å². The van der Waals surface area contributed by atoms with Crippen LogP contribution < -0.4 is 0 Å². The molecule has 2 aliphatic carbocycles. The average Bonchev–Trinajstić information content (AvgIpc) is 2.64. The summed E-state index contributed by atoms with van der Waals surface area (Å²) >= 11 is -2.37. The van der Waals surface area contributed by atoms with E-state index in [1.165, 1.54) is 0 Å². The highest BCUT2D eigenvalue weighted by Crippen LogP contribution is 2.34. The zero-order valence-electron chi connectivity index (χ0n) is 9.72. The fourth-order valence-corrected chi connectivity index (χ4v) is 5.78. The number of hydrogen-bond acceptors (Lipinski definition) is 3. The molecule has 1 unspecified atom stereocenters. The van der Waals surface area contributed by atoms with Crippen LogP contribution in [0.4, 0.5) is 0 Å². The molecule has 0 radical (unpaired) electrons. The van der Waals surface area contributed by atoms with E-state index in [4.69, 9.17) is 0 Å². The monoisotopic (exact) mass is 278 g/mol. The Morgan fingerprint density at radius 2 is 1.82 bits per heavy atom. The van der Waals surface area contributed by atoms with E-state index in [2.05, 4.69) is 0 Å². The summed E-state index contributed by atoms with van der Waals surface area (Å²) in [6.45, 7) is 0. The lowest BCUT2D eigenvalue weighted by Gasteiger charge is -2.25. The van der Waals surface area contributed by atoms with Gasteiger partial charge in [0.25, 0.3) is 0 Å². The van der Waals surface area contributed by atoms with E-state index in [1.54, 1.807) is 0 Å². The SMILES string of the molecule is O=S(O)C(=C1CCCC1)S(=O)(=O)CC1CCC1. The highest BCUT2D eigenvalue weighted by atomic mass is 32.3. The lowest BCUT2D eigenvalue weighted by Crippen LogP contribution is -2.25. The highest BCUT2D eigenvalue weighted by molar-refractivity contribution is 8.09. The molecule has 1 N–H and O–H groups in total. The van der Waals surface area contributed by atoms with E-state index >= 15 is 0 Å². The quantitative estimate of drug-likeness (QED) is 0.800. The smallest absolute Gasteiger partial charge is 0.198 e. The molecule has 4 nitrogen and oxygen atoms in total. The minimum Gasteiger partial charge on any atom is -0.302 e. The highest BCUT2D eigenvalue weighted by Gasteiger charge is 2.32. The van der Waals surface area contributed by atoms with Crippen molar-refractivity contribution in [2.75, 3.05) is 5.75 Å². The van der Waals surface area contributed by atoms with Gasteiger partial charge in [0, 0.05) is 0 Å². The van der Waals surface area contributed by atoms with Crippen LogP contribution >= 0.6 is 0 Å². The van der Waals surface area contributed by atoms with E-state index in [1.807, 2.05) is 0 Å². The Kier molecular flexibility index (Phi) is 4.05. The van der Waals surface area contributed by atoms with Gasteiger partial charge in [-0.3, -0.25) is 0 Å². The molecule has 0 spiro atoms. The van der Waals surface area contributed by atoms with Crippen molar-refractivity contribution in [3.8, 4) is 0 Å². The van der Waals surface area contributed by atoms with Crippen LogP contribution in [0.25, 0.3) is 0 Å². The van der Waals surface area contributed by atoms with Gasteiger partial charge in [-0.1, -0.05) is 6.42 Å². The molecule has 2 aliphatic rings. The van der Waals surface area contributed by atoms with Crippen molar-refractivity contribution in [2.45, 2.75) is 44.9 Å². The standard InChI is InChI=1S/C11H18O4S2/c12-16(13)11(10-6-1-2-7-10)17(14,15)8-9-4-3-5-9/h9H,1-8H2,(H,12,13). The molecule has 98 valence electrons. The molecule has 0 heterocycles. The molecular formula is C11H18O4S2. The third kappa shape index (κ3) is 2.98. The van der Waals surface area contributed by atoms with Gasteiger partial charge in [-0.15, -0.1) is 0 Å². The van der Waals surface area contributed by atoms with Crippen molar-refractivity contribution < 1.29 is 17.2 Å². The molecule has 0 aromatic carbocycles. The predicted molar refractivity (Wildman–Crippen MR) is 67.4 cm³/mol. The number of allylic oxidation sites excluding steroid dienone is 1. The fraction of sp³-hybridized carbons (Fsp3) is 0.818. The van der Waals surface area contributed by atoms with E-state index in [9.17, 15) is 17.2 Å². The molecule has 0 amide bonds. The molecule has 0 saturated heterocycles. The Morgan fingerprint density at radius 1 is 1.24 bits per heavy atom. The Labute approximate surface area is 105 Å². The van der Waals surface area contributed by atoms with Crippen LogP contribution in [0.1, 0.15) is 44.9 Å². The maximum absolute atomic E-state index is 12.2. The Balaban J connectivity index is 2.26. The summed E-state index contributed by atoms with van der Waals surface area (Å²) in [5.74, 6) is 0.249. The molecule has 17 heavy (non-hydrogen) atoms. The first-order valence-corrected chi connectivity index (χ1v) is 8.82. The van der Waals surface area contributed by atoms with E-state index in [0.29, 0.717) is 18.4 Å². The summed E-state index contributed by atoms with van der Waals surface area (Å²) in [6, 6.07) is 0. The molecule has 0 aromatic rings. The molecule has 2 saturated carbocycles. The molecule has 1 atom stereocenters. The Hall–Kier alpha value is -0.200. The maximum atomic E-state index is 12.2. The third-order valence-electron chi connectivity index (χ3n) is 3.62. The van der Waals surface area contributed by atoms with Crippen molar-refractivity contribution in [1.82, 2.24) is 0 Å². The van der Waals surface area contributed by atoms with Crippen molar-refractivity contribution in [3.63, 3.8) is 0 Å². The zero-order chi connectivity index (χ0) is 12.5. The maximum Gasteiger partial charge on any atom is 0.198 e. The Morgan fingerprint density at radius 3 is 2.24 bits per heavy atom. The first kappa shape index (κ1) is 13.2. The molecule has 6 heteroatoms. The largest absolute Gasteiger partial charge is 0.302 e. The second kappa shape index (κ2) is 5.20. The number of sulfone groups is 1. The Bertz CT molecular complexity index is 438. The van der Waals surface area contributed by atoms with Crippen LogP contribution in [0.5, 0.6) is 0 Å². The molecular weight excluding hydrogens is 260 g/mol. The van der Waals surface area contributed by atoms with Crippen LogP contribution in [-0.4, -0.2) is 22.9 Å². The van der Waals surface area contributed by atoms with Gasteiger partial charge in [0.1, 0.15) is 0 Å². The topological polar surface area (TPSA) is 71.4 Å². The predicted octanol–water partition coefficient (Wildman–Crippen LogP) is 2.21. The molecule has 0 aromatic heterocycles. The first-order valence-electron chi connectivity index (χ1n) is 6.06. The summed E-state index contributed by atoms with van der Waals surface area (Å²) in [5.41, 5.74) is 0.685. The van der Waals surface area contributed by atoms with Crippen molar-refractivity contribution in [2.24, 2.45) is 5.92 Å². The van der Waals surface area contributed by atoms with Crippen molar-refractivity contribution >= 4 is 20.9 Å². The lowest BCUT2D eigenvalue weighted by atomic mass is 9.87. The van der Waals surface area contributed by atoms with E-state index < -0.39 is 20.9 Å². The molecule has 2 fully saturated rings. The van der Waals surface area contributed by atoms with Gasteiger partial charge >= 0.3 is 0 Å². The number of hydrogen-bond donors (Lipinski definition) is 1. The van der Waals surface area contributed by atoms with Gasteiger partial charge in [-0.05, 0) is 50.0 Å². The summed E-state index contributed by atoms with van der Waals surface area (Å²) in [6.07, 6.45) is 6.11. The van der Waals surface area contributed by atoms with Gasteiger partial charge in [0.2, 0.25) is 0 Å². The summed E-state index contributed by atoms with van der Waals surface area (Å²) < 4.78 is 44.7. The third-order valence-corrected chi connectivity index (χ3v) is 7.18. The second-order valence-corrected chi connectivity index (χ2v) is 8.06. The first-order chi connectivity index (χ1) is 8.00. The molecule has 2 rings (SSSR count). The molecule has 0 aliphatic heterocycles.